The van der Waals surface area contributed by atoms with E-state index in [1.54, 1.807) is 0 Å². The Labute approximate surface area is 282 Å². The summed E-state index contributed by atoms with van der Waals surface area (Å²) >= 11 is 0. The van der Waals surface area contributed by atoms with Crippen LogP contribution in [0, 0.1) is 0 Å². The van der Waals surface area contributed by atoms with Gasteiger partial charge in [0.1, 0.15) is 0 Å². The Morgan fingerprint density at radius 2 is 1.06 bits per heavy atom. The van der Waals surface area contributed by atoms with Gasteiger partial charge in [-0.25, -0.2) is 9.97 Å². The van der Waals surface area contributed by atoms with Crippen LogP contribution >= 0.6 is 0 Å². The van der Waals surface area contributed by atoms with Gasteiger partial charge in [0.05, 0.1) is 22.2 Å². The Morgan fingerprint density at radius 1 is 0.388 bits per heavy atom. The zero-order valence-electron chi connectivity index (χ0n) is 26.4. The molecule has 226 valence electrons. The smallest absolute Gasteiger partial charge is 0.235 e. The van der Waals surface area contributed by atoms with E-state index < -0.39 is 0 Å². The summed E-state index contributed by atoms with van der Waals surface area (Å²) in [5.74, 6) is 0.668. The summed E-state index contributed by atoms with van der Waals surface area (Å²) in [6.07, 6.45) is 0. The molecule has 0 fully saturated rings. The third kappa shape index (κ3) is 3.73. The summed E-state index contributed by atoms with van der Waals surface area (Å²) in [4.78, 5) is 10.8. The minimum atomic E-state index is 0.668. The van der Waals surface area contributed by atoms with Crippen LogP contribution in [0.25, 0.3) is 105 Å². The molecule has 0 atom stereocenters. The number of aromatic nitrogens is 3. The zero-order valence-corrected chi connectivity index (χ0v) is 26.4. The van der Waals surface area contributed by atoms with Gasteiger partial charge < -0.3 is 0 Å². The Morgan fingerprint density at radius 3 is 1.92 bits per heavy atom. The number of para-hydroxylation sites is 1. The molecule has 0 radical (unpaired) electrons. The average molecular weight is 622 g/mol. The molecule has 1 aliphatic rings. The van der Waals surface area contributed by atoms with E-state index in [1.165, 1.54) is 54.6 Å². The second-order valence-corrected chi connectivity index (χ2v) is 12.9. The van der Waals surface area contributed by atoms with Crippen LogP contribution in [0.2, 0.25) is 0 Å². The van der Waals surface area contributed by atoms with Gasteiger partial charge in [0.15, 0.2) is 0 Å². The highest BCUT2D eigenvalue weighted by Crippen LogP contribution is 2.51. The van der Waals surface area contributed by atoms with Gasteiger partial charge in [-0.2, -0.15) is 0 Å². The summed E-state index contributed by atoms with van der Waals surface area (Å²) in [5.41, 5.74) is 12.5. The lowest BCUT2D eigenvalue weighted by molar-refractivity contribution is 1.01. The predicted octanol–water partition coefficient (Wildman–Crippen LogP) is 12.0. The highest BCUT2D eigenvalue weighted by atomic mass is 15.2. The van der Waals surface area contributed by atoms with E-state index in [4.69, 9.17) is 9.97 Å². The van der Waals surface area contributed by atoms with Gasteiger partial charge in [-0.3, -0.25) is 4.57 Å². The van der Waals surface area contributed by atoms with E-state index in [1.807, 2.05) is 0 Å². The molecule has 2 heterocycles. The van der Waals surface area contributed by atoms with E-state index in [2.05, 4.69) is 168 Å². The van der Waals surface area contributed by atoms with Crippen LogP contribution in [0.15, 0.2) is 164 Å². The van der Waals surface area contributed by atoms with Crippen LogP contribution in [0.4, 0.5) is 0 Å². The van der Waals surface area contributed by atoms with Crippen LogP contribution in [-0.4, -0.2) is 14.5 Å². The lowest BCUT2D eigenvalue weighted by Gasteiger charge is -2.16. The number of nitrogens with zero attached hydrogens (tertiary/aromatic N) is 3. The van der Waals surface area contributed by atoms with Gasteiger partial charge in [0.2, 0.25) is 5.95 Å². The summed E-state index contributed by atoms with van der Waals surface area (Å²) in [7, 11) is 0. The van der Waals surface area contributed by atoms with Crippen molar-refractivity contribution in [3.8, 4) is 50.6 Å². The first-order chi connectivity index (χ1) is 24.3. The lowest BCUT2D eigenvalue weighted by atomic mass is 9.91. The molecule has 0 saturated carbocycles. The average Bonchev–Trinajstić information content (AvgIpc) is 3.46. The van der Waals surface area contributed by atoms with Gasteiger partial charge >= 0.3 is 0 Å². The summed E-state index contributed by atoms with van der Waals surface area (Å²) in [6, 6.07) is 58.9. The van der Waals surface area contributed by atoms with Crippen molar-refractivity contribution < 1.29 is 0 Å². The second-order valence-electron chi connectivity index (χ2n) is 12.9. The molecule has 1 aliphatic carbocycles. The van der Waals surface area contributed by atoms with Gasteiger partial charge in [-0.15, -0.1) is 0 Å². The minimum absolute atomic E-state index is 0.668. The van der Waals surface area contributed by atoms with Crippen molar-refractivity contribution in [1.29, 1.82) is 0 Å². The summed E-state index contributed by atoms with van der Waals surface area (Å²) in [5, 5.41) is 8.43. The Hall–Kier alpha value is -6.58. The molecule has 0 N–H and O–H groups in total. The molecule has 0 spiro atoms. The first kappa shape index (κ1) is 26.5. The molecule has 8 aromatic carbocycles. The van der Waals surface area contributed by atoms with E-state index in [0.717, 1.165) is 44.3 Å². The first-order valence-corrected chi connectivity index (χ1v) is 16.8. The molecule has 0 unspecified atom stereocenters. The van der Waals surface area contributed by atoms with Gasteiger partial charge in [-0.1, -0.05) is 140 Å². The standard InChI is InChI=1S/C46H27N3/c1-2-13-29(14-3-1)38-27-31-16-10-20-35-33-17-6-7-18-34(33)36-21-11-23-40-42(36)43(41(31)35)45(38)49(40)46-47-39-22-9-8-19-37(39)44(48-46)32-25-24-28-12-4-5-15-30(28)26-32/h1-27H. The van der Waals surface area contributed by atoms with Crippen molar-refractivity contribution in [2.24, 2.45) is 0 Å². The molecule has 2 aromatic heterocycles. The van der Waals surface area contributed by atoms with Crippen molar-refractivity contribution in [2.45, 2.75) is 0 Å². The minimum Gasteiger partial charge on any atom is -0.277 e. The van der Waals surface area contributed by atoms with Crippen LogP contribution < -0.4 is 0 Å². The SMILES string of the molecule is c1ccc(-c2cc3cccc4c3c3c5c(cccc5n(-c5nc(-c6ccc7ccccc7c6)c6ccccc6n5)c23)-c2ccccc2-4)cc1. The molecule has 0 amide bonds. The third-order valence-corrected chi connectivity index (χ3v) is 10.3. The van der Waals surface area contributed by atoms with Crippen molar-refractivity contribution in [3.05, 3.63) is 164 Å². The van der Waals surface area contributed by atoms with Crippen LogP contribution in [0.3, 0.4) is 0 Å². The monoisotopic (exact) mass is 621 g/mol. The second kappa shape index (κ2) is 9.96. The van der Waals surface area contributed by atoms with Crippen LogP contribution in [-0.2, 0) is 0 Å². The Kier molecular flexibility index (Phi) is 5.38. The van der Waals surface area contributed by atoms with E-state index in [-0.39, 0.29) is 0 Å². The maximum Gasteiger partial charge on any atom is 0.235 e. The zero-order chi connectivity index (χ0) is 32.1. The quantitative estimate of drug-likeness (QED) is 0.196. The van der Waals surface area contributed by atoms with Crippen molar-refractivity contribution in [3.63, 3.8) is 0 Å². The molecular weight excluding hydrogens is 595 g/mol. The molecule has 0 aliphatic heterocycles. The topological polar surface area (TPSA) is 30.7 Å². The fourth-order valence-electron chi connectivity index (χ4n) is 8.20. The van der Waals surface area contributed by atoms with E-state index in [0.29, 0.717) is 5.95 Å². The number of hydrogen-bond donors (Lipinski definition) is 0. The van der Waals surface area contributed by atoms with Gasteiger partial charge in [0.25, 0.3) is 0 Å². The number of rotatable bonds is 3. The van der Waals surface area contributed by atoms with Crippen molar-refractivity contribution in [1.82, 2.24) is 14.5 Å². The normalized spacial score (nSPS) is 12.1. The highest BCUT2D eigenvalue weighted by molar-refractivity contribution is 6.32. The maximum atomic E-state index is 5.50. The largest absolute Gasteiger partial charge is 0.277 e. The van der Waals surface area contributed by atoms with Gasteiger partial charge in [-0.05, 0) is 73.6 Å². The third-order valence-electron chi connectivity index (χ3n) is 10.3. The lowest BCUT2D eigenvalue weighted by Crippen LogP contribution is -2.04. The number of hydrogen-bond acceptors (Lipinski definition) is 2. The van der Waals surface area contributed by atoms with E-state index in [9.17, 15) is 0 Å². The fourth-order valence-corrected chi connectivity index (χ4v) is 8.20. The first-order valence-electron chi connectivity index (χ1n) is 16.8. The van der Waals surface area contributed by atoms with Crippen LogP contribution in [0.1, 0.15) is 0 Å². The van der Waals surface area contributed by atoms with Crippen LogP contribution in [0.5, 0.6) is 0 Å². The molecule has 10 aromatic rings. The molecular formula is C46H27N3. The fraction of sp³-hybridized carbons (Fsp3) is 0. The number of fused-ring (bicyclic) bond motifs is 5. The molecule has 3 nitrogen and oxygen atoms in total. The molecule has 0 saturated heterocycles. The summed E-state index contributed by atoms with van der Waals surface area (Å²) in [6.45, 7) is 0. The Bertz CT molecular complexity index is 2990. The van der Waals surface area contributed by atoms with Crippen molar-refractivity contribution >= 4 is 54.3 Å². The number of benzene rings is 8. The molecule has 49 heavy (non-hydrogen) atoms. The molecule has 0 bridgehead atoms. The maximum absolute atomic E-state index is 5.50. The van der Waals surface area contributed by atoms with Gasteiger partial charge in [0, 0.05) is 27.3 Å². The molecule has 11 rings (SSSR count). The van der Waals surface area contributed by atoms with E-state index >= 15 is 0 Å². The predicted molar refractivity (Wildman–Crippen MR) is 204 cm³/mol. The Balaban J connectivity index is 1.35. The highest BCUT2D eigenvalue weighted by Gasteiger charge is 2.28. The molecule has 3 heteroatoms. The summed E-state index contributed by atoms with van der Waals surface area (Å²) < 4.78 is 2.33. The van der Waals surface area contributed by atoms with Crippen molar-refractivity contribution in [2.75, 3.05) is 0 Å².